The molecule has 1 fully saturated rings. The molecule has 0 radical (unpaired) electrons. The van der Waals surface area contributed by atoms with Crippen LogP contribution in [-0.2, 0) is 4.74 Å². The van der Waals surface area contributed by atoms with E-state index in [1.54, 1.807) is 11.0 Å². The summed E-state index contributed by atoms with van der Waals surface area (Å²) in [4.78, 5) is 6.89. The van der Waals surface area contributed by atoms with E-state index < -0.39 is 0 Å². The monoisotopic (exact) mass is 373 g/mol. The van der Waals surface area contributed by atoms with Crippen LogP contribution in [0.2, 0.25) is 0 Å². The van der Waals surface area contributed by atoms with Gasteiger partial charge in [-0.3, -0.25) is 4.90 Å². The molecule has 2 aromatic carbocycles. The van der Waals surface area contributed by atoms with Gasteiger partial charge in [0.05, 0.1) is 24.9 Å². The number of ether oxygens (including phenoxy) is 1. The van der Waals surface area contributed by atoms with Gasteiger partial charge >= 0.3 is 0 Å². The number of hydrogen-bond acceptors (Lipinski definition) is 5. The Kier molecular flexibility index (Phi) is 4.43. The third-order valence-electron chi connectivity index (χ3n) is 5.30. The van der Waals surface area contributed by atoms with Gasteiger partial charge in [-0.05, 0) is 47.9 Å². The lowest BCUT2D eigenvalue weighted by Gasteiger charge is -2.34. The maximum absolute atomic E-state index is 5.34. The highest BCUT2D eigenvalue weighted by molar-refractivity contribution is 5.73. The van der Waals surface area contributed by atoms with E-state index in [2.05, 4.69) is 51.5 Å². The topological polar surface area (TPSA) is 55.2 Å². The van der Waals surface area contributed by atoms with Crippen LogP contribution < -0.4 is 5.32 Å². The molecule has 0 saturated carbocycles. The highest BCUT2D eigenvalue weighted by atomic mass is 16.5. The van der Waals surface area contributed by atoms with Crippen molar-refractivity contribution < 1.29 is 4.74 Å². The molecule has 1 aromatic heterocycles. The molecule has 5 rings (SSSR count). The summed E-state index contributed by atoms with van der Waals surface area (Å²) in [6, 6.07) is 17.1. The summed E-state index contributed by atoms with van der Waals surface area (Å²) >= 11 is 0. The number of rotatable bonds is 5. The lowest BCUT2D eigenvalue weighted by Crippen LogP contribution is -2.47. The standard InChI is InChI=1S/C22H23N5O/c1-16-9-18(17-7-8-26(12-17)21-13-28-14-21)11-19(10-16)24-22-23-15-27(25-22)20-5-3-2-4-6-20/h2-7,9-11,15,21H,8,12-14H2,1H3,(H,24,25). The largest absolute Gasteiger partial charge is 0.378 e. The highest BCUT2D eigenvalue weighted by Crippen LogP contribution is 2.28. The summed E-state index contributed by atoms with van der Waals surface area (Å²) in [5, 5.41) is 7.90. The van der Waals surface area contributed by atoms with Gasteiger partial charge in [0, 0.05) is 18.8 Å². The molecule has 0 bridgehead atoms. The van der Waals surface area contributed by atoms with Gasteiger partial charge in [-0.25, -0.2) is 4.68 Å². The average molecular weight is 373 g/mol. The number of nitrogens with zero attached hydrogens (tertiary/aromatic N) is 4. The molecule has 3 heterocycles. The number of para-hydroxylation sites is 1. The molecule has 1 N–H and O–H groups in total. The number of hydrogen-bond donors (Lipinski definition) is 1. The fraction of sp³-hybridized carbons (Fsp3) is 0.273. The van der Waals surface area contributed by atoms with Gasteiger partial charge in [0.2, 0.25) is 5.95 Å². The minimum Gasteiger partial charge on any atom is -0.378 e. The summed E-state index contributed by atoms with van der Waals surface area (Å²) < 4.78 is 7.11. The van der Waals surface area contributed by atoms with Gasteiger partial charge in [-0.2, -0.15) is 4.98 Å². The second-order valence-electron chi connectivity index (χ2n) is 7.41. The van der Waals surface area contributed by atoms with Crippen LogP contribution in [0.3, 0.4) is 0 Å². The number of benzene rings is 2. The van der Waals surface area contributed by atoms with Crippen LogP contribution in [0.25, 0.3) is 11.3 Å². The van der Waals surface area contributed by atoms with Crippen LogP contribution in [0, 0.1) is 6.92 Å². The lowest BCUT2D eigenvalue weighted by atomic mass is 10.0. The van der Waals surface area contributed by atoms with Crippen molar-refractivity contribution in [3.05, 3.63) is 72.1 Å². The van der Waals surface area contributed by atoms with Crippen LogP contribution >= 0.6 is 0 Å². The lowest BCUT2D eigenvalue weighted by molar-refractivity contribution is -0.0547. The number of aromatic nitrogens is 3. The molecular formula is C22H23N5O. The van der Waals surface area contributed by atoms with Crippen LogP contribution in [0.4, 0.5) is 11.6 Å². The van der Waals surface area contributed by atoms with E-state index in [-0.39, 0.29) is 0 Å². The molecule has 2 aliphatic heterocycles. The molecule has 0 unspecified atom stereocenters. The highest BCUT2D eigenvalue weighted by Gasteiger charge is 2.28. The zero-order valence-electron chi connectivity index (χ0n) is 15.9. The predicted molar refractivity (Wildman–Crippen MR) is 110 cm³/mol. The van der Waals surface area contributed by atoms with E-state index in [4.69, 9.17) is 4.74 Å². The Labute approximate surface area is 164 Å². The molecule has 0 amide bonds. The van der Waals surface area contributed by atoms with Gasteiger partial charge in [-0.1, -0.05) is 30.3 Å². The third-order valence-corrected chi connectivity index (χ3v) is 5.30. The Balaban J connectivity index is 1.33. The van der Waals surface area contributed by atoms with Gasteiger partial charge in [0.15, 0.2) is 0 Å². The fourth-order valence-corrected chi connectivity index (χ4v) is 3.69. The quantitative estimate of drug-likeness (QED) is 0.743. The first-order valence-electron chi connectivity index (χ1n) is 9.61. The van der Waals surface area contributed by atoms with Crippen molar-refractivity contribution in [3.63, 3.8) is 0 Å². The predicted octanol–water partition coefficient (Wildman–Crippen LogP) is 3.42. The summed E-state index contributed by atoms with van der Waals surface area (Å²) in [6.45, 7) is 5.83. The van der Waals surface area contributed by atoms with Crippen molar-refractivity contribution in [3.8, 4) is 5.69 Å². The van der Waals surface area contributed by atoms with E-state index in [1.165, 1.54) is 16.7 Å². The van der Waals surface area contributed by atoms with Gasteiger partial charge in [0.25, 0.3) is 0 Å². The van der Waals surface area contributed by atoms with Crippen molar-refractivity contribution in [2.45, 2.75) is 13.0 Å². The molecule has 6 nitrogen and oxygen atoms in total. The Hall–Kier alpha value is -2.96. The maximum atomic E-state index is 5.34. The molecule has 0 aliphatic carbocycles. The van der Waals surface area contributed by atoms with Crippen molar-refractivity contribution in [2.24, 2.45) is 0 Å². The molecule has 6 heteroatoms. The first kappa shape index (κ1) is 17.2. The second kappa shape index (κ2) is 7.22. The number of aryl methyl sites for hydroxylation is 1. The van der Waals surface area contributed by atoms with Gasteiger partial charge in [0.1, 0.15) is 6.33 Å². The first-order chi connectivity index (χ1) is 13.7. The van der Waals surface area contributed by atoms with Gasteiger partial charge < -0.3 is 10.1 Å². The fourth-order valence-electron chi connectivity index (χ4n) is 3.69. The second-order valence-corrected chi connectivity index (χ2v) is 7.41. The Morgan fingerprint density at radius 1 is 1.11 bits per heavy atom. The Bertz CT molecular complexity index is 1010. The maximum Gasteiger partial charge on any atom is 0.246 e. The first-order valence-corrected chi connectivity index (χ1v) is 9.61. The molecule has 142 valence electrons. The summed E-state index contributed by atoms with van der Waals surface area (Å²) in [6.07, 6.45) is 4.06. The molecule has 28 heavy (non-hydrogen) atoms. The smallest absolute Gasteiger partial charge is 0.246 e. The van der Waals surface area contributed by atoms with Crippen molar-refractivity contribution in [1.82, 2.24) is 19.7 Å². The molecule has 0 atom stereocenters. The zero-order valence-corrected chi connectivity index (χ0v) is 15.9. The van der Waals surface area contributed by atoms with Crippen molar-refractivity contribution in [2.75, 3.05) is 31.6 Å². The number of anilines is 2. The zero-order chi connectivity index (χ0) is 18.9. The normalized spacial score (nSPS) is 17.4. The Morgan fingerprint density at radius 2 is 1.96 bits per heavy atom. The molecular weight excluding hydrogens is 350 g/mol. The molecule has 3 aromatic rings. The molecule has 0 spiro atoms. The van der Waals surface area contributed by atoms with E-state index in [0.717, 1.165) is 37.7 Å². The van der Waals surface area contributed by atoms with Gasteiger partial charge in [-0.15, -0.1) is 5.10 Å². The van der Waals surface area contributed by atoms with Crippen LogP contribution in [-0.4, -0.2) is 52.0 Å². The van der Waals surface area contributed by atoms with Crippen molar-refractivity contribution >= 4 is 17.2 Å². The van der Waals surface area contributed by atoms with E-state index in [1.807, 2.05) is 30.3 Å². The molecule has 2 aliphatic rings. The average Bonchev–Trinajstić information content (AvgIpc) is 3.31. The number of nitrogens with one attached hydrogen (secondary N) is 1. The van der Waals surface area contributed by atoms with E-state index in [0.29, 0.717) is 12.0 Å². The summed E-state index contributed by atoms with van der Waals surface area (Å²) in [7, 11) is 0. The van der Waals surface area contributed by atoms with Crippen LogP contribution in [0.5, 0.6) is 0 Å². The third kappa shape index (κ3) is 3.44. The summed E-state index contributed by atoms with van der Waals surface area (Å²) in [5.41, 5.74) is 5.85. The minimum absolute atomic E-state index is 0.572. The Morgan fingerprint density at radius 3 is 2.75 bits per heavy atom. The summed E-state index contributed by atoms with van der Waals surface area (Å²) in [5.74, 6) is 0.592. The van der Waals surface area contributed by atoms with Crippen LogP contribution in [0.1, 0.15) is 11.1 Å². The van der Waals surface area contributed by atoms with Crippen LogP contribution in [0.15, 0.2) is 60.9 Å². The van der Waals surface area contributed by atoms with E-state index >= 15 is 0 Å². The molecule has 1 saturated heterocycles. The minimum atomic E-state index is 0.572. The van der Waals surface area contributed by atoms with E-state index in [9.17, 15) is 0 Å². The SMILES string of the molecule is Cc1cc(Nc2ncn(-c3ccccc3)n2)cc(C2=CCN(C3COC3)C2)c1. The van der Waals surface area contributed by atoms with Crippen molar-refractivity contribution in [1.29, 1.82) is 0 Å².